The van der Waals surface area contributed by atoms with Gasteiger partial charge >= 0.3 is 16.4 Å². The molecule has 67 heavy (non-hydrogen) atoms. The third-order valence-electron chi connectivity index (χ3n) is 10.6. The Morgan fingerprint density at radius 1 is 0.582 bits per heavy atom. The highest BCUT2D eigenvalue weighted by atomic mass is 32.3. The average molecular weight is 961 g/mol. The Labute approximate surface area is 405 Å². The van der Waals surface area contributed by atoms with Crippen LogP contribution in [0.5, 0.6) is 0 Å². The number of rotatable bonds is 42. The van der Waals surface area contributed by atoms with Crippen LogP contribution in [0, 0.1) is 0 Å². The monoisotopic (exact) mass is 961 g/mol. The highest BCUT2D eigenvalue weighted by molar-refractivity contribution is 7.80. The van der Waals surface area contributed by atoms with Crippen molar-refractivity contribution in [3.05, 3.63) is 109 Å². The molecule has 382 valence electrons. The smallest absolute Gasteiger partial charge is 0.397 e. The Balaban J connectivity index is 2.45. The third-order valence-corrected chi connectivity index (χ3v) is 11.1. The summed E-state index contributed by atoms with van der Waals surface area (Å²) in [4.78, 5) is 12.9. The molecule has 0 aliphatic carbocycles. The van der Waals surface area contributed by atoms with E-state index < -0.39 is 59.8 Å². The summed E-state index contributed by atoms with van der Waals surface area (Å²) in [5.41, 5.74) is 0. The van der Waals surface area contributed by atoms with Crippen LogP contribution in [-0.2, 0) is 38.3 Å². The van der Waals surface area contributed by atoms with Crippen molar-refractivity contribution in [1.82, 2.24) is 0 Å². The average Bonchev–Trinajstić information content (AvgIpc) is 3.30. The number of hydrogen-bond donors (Lipinski definition) is 4. The fraction of sp³-hybridized carbons (Fsp3) is 0.648. The number of aliphatic hydroxyl groups excluding tert-OH is 3. The molecular weight excluding hydrogens is 873 g/mol. The minimum absolute atomic E-state index is 0.00219. The van der Waals surface area contributed by atoms with Crippen LogP contribution < -0.4 is 0 Å². The molecule has 13 heteroatoms. The van der Waals surface area contributed by atoms with E-state index in [2.05, 4.69) is 121 Å². The molecule has 0 bridgehead atoms. The number of carbonyl (C=O) groups excluding carboxylic acids is 1. The van der Waals surface area contributed by atoms with Crippen LogP contribution in [0.3, 0.4) is 0 Å². The van der Waals surface area contributed by atoms with Crippen molar-refractivity contribution in [2.24, 2.45) is 0 Å². The van der Waals surface area contributed by atoms with Gasteiger partial charge in [-0.3, -0.25) is 9.35 Å². The largest absolute Gasteiger partial charge is 0.457 e. The van der Waals surface area contributed by atoms with E-state index >= 15 is 0 Å². The Morgan fingerprint density at radius 2 is 1.03 bits per heavy atom. The summed E-state index contributed by atoms with van der Waals surface area (Å²) in [7, 11) is -5.08. The number of aliphatic hydroxyl groups is 3. The highest BCUT2D eigenvalue weighted by Crippen LogP contribution is 2.26. The van der Waals surface area contributed by atoms with Gasteiger partial charge in [0.05, 0.1) is 19.8 Å². The lowest BCUT2D eigenvalue weighted by Crippen LogP contribution is -2.60. The number of ether oxygens (including phenoxy) is 4. The van der Waals surface area contributed by atoms with Gasteiger partial charge < -0.3 is 34.3 Å². The summed E-state index contributed by atoms with van der Waals surface area (Å²) in [5, 5.41) is 30.7. The van der Waals surface area contributed by atoms with Crippen molar-refractivity contribution in [3.8, 4) is 0 Å². The van der Waals surface area contributed by atoms with Gasteiger partial charge in [-0.15, -0.1) is 0 Å². The van der Waals surface area contributed by atoms with Gasteiger partial charge in [-0.1, -0.05) is 168 Å². The molecular formula is C54H88O12S. The first-order valence-corrected chi connectivity index (χ1v) is 26.5. The van der Waals surface area contributed by atoms with Crippen LogP contribution in [-0.4, -0.2) is 97.5 Å². The lowest BCUT2D eigenvalue weighted by molar-refractivity contribution is -0.301. The van der Waals surface area contributed by atoms with Crippen LogP contribution in [0.1, 0.15) is 162 Å². The van der Waals surface area contributed by atoms with Crippen LogP contribution in [0.2, 0.25) is 0 Å². The maximum Gasteiger partial charge on any atom is 0.397 e. The van der Waals surface area contributed by atoms with Crippen molar-refractivity contribution in [3.63, 3.8) is 0 Å². The molecule has 1 aliphatic rings. The molecule has 1 aliphatic heterocycles. The van der Waals surface area contributed by atoms with Crippen molar-refractivity contribution in [1.29, 1.82) is 0 Å². The van der Waals surface area contributed by atoms with E-state index in [0.717, 1.165) is 83.5 Å². The van der Waals surface area contributed by atoms with E-state index in [9.17, 15) is 33.1 Å². The molecule has 1 rings (SSSR count). The van der Waals surface area contributed by atoms with Gasteiger partial charge in [-0.05, 0) is 96.3 Å². The summed E-state index contributed by atoms with van der Waals surface area (Å²) in [5.74, 6) is -0.465. The zero-order valence-corrected chi connectivity index (χ0v) is 41.7. The first-order chi connectivity index (χ1) is 32.6. The topological polar surface area (TPSA) is 178 Å². The van der Waals surface area contributed by atoms with Gasteiger partial charge in [0.25, 0.3) is 0 Å². The summed E-state index contributed by atoms with van der Waals surface area (Å²) in [6.45, 7) is 3.74. The quantitative estimate of drug-likeness (QED) is 0.0197. The van der Waals surface area contributed by atoms with Gasteiger partial charge in [0.2, 0.25) is 0 Å². The Hall–Kier alpha value is -3.24. The van der Waals surface area contributed by atoms with Crippen LogP contribution in [0.4, 0.5) is 0 Å². The summed E-state index contributed by atoms with van der Waals surface area (Å²) in [6, 6.07) is 0. The van der Waals surface area contributed by atoms with Crippen molar-refractivity contribution < 1.29 is 56.2 Å². The fourth-order valence-corrected chi connectivity index (χ4v) is 7.38. The zero-order valence-electron chi connectivity index (χ0n) is 40.9. The number of carbonyl (C=O) groups is 1. The van der Waals surface area contributed by atoms with Gasteiger partial charge in [-0.25, -0.2) is 4.18 Å². The lowest BCUT2D eigenvalue weighted by atomic mass is 9.99. The van der Waals surface area contributed by atoms with Crippen molar-refractivity contribution in [2.75, 3.05) is 26.4 Å². The molecule has 0 saturated carbocycles. The third kappa shape index (κ3) is 37.4. The summed E-state index contributed by atoms with van der Waals surface area (Å²) in [6.07, 6.45) is 52.6. The Bertz CT molecular complexity index is 1580. The number of esters is 1. The maximum absolute atomic E-state index is 12.9. The summed E-state index contributed by atoms with van der Waals surface area (Å²) >= 11 is 0. The minimum atomic E-state index is -5.08. The first kappa shape index (κ1) is 61.8. The Kier molecular flexibility index (Phi) is 40.6. The molecule has 0 amide bonds. The predicted molar refractivity (Wildman–Crippen MR) is 271 cm³/mol. The molecule has 0 aromatic rings. The molecule has 6 unspecified atom stereocenters. The SMILES string of the molecule is CC/C=C\C/C=C\C/C=C\C/C=C\C/C=C\C/C=C\C/C=C\CCCC(=O)OC(COCCCCCCCC/C=C\C/C=C\CCCCCC)COC1OC(CO)C(O)C(OS(=O)(=O)O)C1O. The van der Waals surface area contributed by atoms with E-state index in [1.54, 1.807) is 0 Å². The molecule has 0 radical (unpaired) electrons. The number of hydrogen-bond acceptors (Lipinski definition) is 11. The summed E-state index contributed by atoms with van der Waals surface area (Å²) < 4.78 is 59.1. The molecule has 6 atom stereocenters. The molecule has 12 nitrogen and oxygen atoms in total. The molecule has 4 N–H and O–H groups in total. The second-order valence-corrected chi connectivity index (χ2v) is 17.7. The van der Waals surface area contributed by atoms with E-state index in [1.807, 2.05) is 6.08 Å². The number of unbranched alkanes of at least 4 members (excludes halogenated alkanes) is 11. The van der Waals surface area contributed by atoms with Gasteiger partial charge in [-0.2, -0.15) is 8.42 Å². The maximum atomic E-state index is 12.9. The van der Waals surface area contributed by atoms with E-state index in [-0.39, 0.29) is 19.6 Å². The normalized spacial score (nSPS) is 20.4. The van der Waals surface area contributed by atoms with Crippen LogP contribution in [0.15, 0.2) is 109 Å². The van der Waals surface area contributed by atoms with Crippen LogP contribution >= 0.6 is 0 Å². The minimum Gasteiger partial charge on any atom is -0.457 e. The highest BCUT2D eigenvalue weighted by Gasteiger charge is 2.48. The van der Waals surface area contributed by atoms with E-state index in [4.69, 9.17) is 18.9 Å². The molecule has 0 aromatic heterocycles. The van der Waals surface area contributed by atoms with Crippen molar-refractivity contribution >= 4 is 16.4 Å². The molecule has 1 saturated heterocycles. The lowest BCUT2D eigenvalue weighted by Gasteiger charge is -2.41. The molecule has 0 spiro atoms. The first-order valence-electron chi connectivity index (χ1n) is 25.1. The second-order valence-electron chi connectivity index (χ2n) is 16.7. The molecule has 0 aromatic carbocycles. The van der Waals surface area contributed by atoms with E-state index in [1.165, 1.54) is 44.9 Å². The predicted octanol–water partition coefficient (Wildman–Crippen LogP) is 11.6. The van der Waals surface area contributed by atoms with Gasteiger partial charge in [0.15, 0.2) is 6.29 Å². The standard InChI is InChI=1S/C54H88O12S/c1-3-5-7-9-11-13-15-17-19-21-22-23-24-25-26-27-29-31-33-35-37-39-41-43-50(56)64-48(47-63-54-52(58)53(66-67(59,60)61)51(57)49(45-55)65-54)46-62-44-42-40-38-36-34-32-30-28-20-18-16-14-12-10-8-6-4-2/h5,7,11,13-14,16-17,19-20,22-23,25-26,28-29,31,35,37,48-49,51-55,57-58H,3-4,6,8-10,12,15,18,21,24,27,30,32-34,36,38-47H2,1-2H3,(H,59,60,61)/b7-5-,13-11-,16-14-,19-17-,23-22-,26-25-,28-20-,31-29-,37-35-. The molecule has 1 fully saturated rings. The second kappa shape index (κ2) is 44.0. The van der Waals surface area contributed by atoms with E-state index in [0.29, 0.717) is 19.4 Å². The number of allylic oxidation sites excluding steroid dienone is 18. The Morgan fingerprint density at radius 3 is 1.51 bits per heavy atom. The zero-order chi connectivity index (χ0) is 48.9. The van der Waals surface area contributed by atoms with Gasteiger partial charge in [0.1, 0.15) is 30.5 Å². The van der Waals surface area contributed by atoms with Crippen LogP contribution in [0.25, 0.3) is 0 Å². The van der Waals surface area contributed by atoms with Crippen molar-refractivity contribution in [2.45, 2.75) is 198 Å². The van der Waals surface area contributed by atoms with Gasteiger partial charge in [0, 0.05) is 13.0 Å². The fourth-order valence-electron chi connectivity index (χ4n) is 6.87. The molecule has 1 heterocycles.